The van der Waals surface area contributed by atoms with Gasteiger partial charge in [0.1, 0.15) is 6.26 Å². The zero-order chi connectivity index (χ0) is 14.5. The van der Waals surface area contributed by atoms with Gasteiger partial charge in [-0.05, 0) is 30.9 Å². The zero-order valence-electron chi connectivity index (χ0n) is 12.6. The average molecular weight is 412 g/mol. The molecule has 0 saturated heterocycles. The zero-order valence-corrected chi connectivity index (χ0v) is 14.9. The molecular formula is C16H21IN4O. The van der Waals surface area contributed by atoms with E-state index in [2.05, 4.69) is 20.6 Å². The van der Waals surface area contributed by atoms with E-state index in [-0.39, 0.29) is 24.0 Å². The number of oxazole rings is 1. The van der Waals surface area contributed by atoms with E-state index in [1.807, 2.05) is 30.3 Å². The Morgan fingerprint density at radius 2 is 2.05 bits per heavy atom. The number of halogens is 1. The summed E-state index contributed by atoms with van der Waals surface area (Å²) in [5.41, 5.74) is 1.85. The van der Waals surface area contributed by atoms with E-state index >= 15 is 0 Å². The summed E-state index contributed by atoms with van der Waals surface area (Å²) in [6.45, 7) is 1.59. The fourth-order valence-electron chi connectivity index (χ4n) is 2.06. The standard InChI is InChI=1S/C16H20N4O.HI/c1-17-16(18-9-12-7-8-12)19-10-14-11-21-15(20-14)13-5-3-2-4-6-13;/h2-6,11-12H,7-10H2,1H3,(H2,17,18,19);1H. The van der Waals surface area contributed by atoms with Crippen LogP contribution in [0.25, 0.3) is 11.5 Å². The minimum absolute atomic E-state index is 0. The Kier molecular flexibility index (Phi) is 6.23. The van der Waals surface area contributed by atoms with Gasteiger partial charge in [0.25, 0.3) is 0 Å². The molecule has 0 spiro atoms. The average Bonchev–Trinajstić information content (AvgIpc) is 3.24. The third kappa shape index (κ3) is 4.72. The highest BCUT2D eigenvalue weighted by Crippen LogP contribution is 2.27. The van der Waals surface area contributed by atoms with Crippen molar-refractivity contribution in [1.29, 1.82) is 0 Å². The molecule has 0 amide bonds. The molecule has 2 N–H and O–H groups in total. The topological polar surface area (TPSA) is 62.5 Å². The second kappa shape index (κ2) is 8.17. The highest BCUT2D eigenvalue weighted by atomic mass is 127. The number of rotatable bonds is 5. The van der Waals surface area contributed by atoms with Crippen molar-refractivity contribution >= 4 is 29.9 Å². The predicted octanol–water partition coefficient (Wildman–Crippen LogP) is 3.03. The Bertz CT molecular complexity index is 608. The van der Waals surface area contributed by atoms with Gasteiger partial charge in [0, 0.05) is 19.2 Å². The number of benzene rings is 1. The van der Waals surface area contributed by atoms with Crippen molar-refractivity contribution in [3.05, 3.63) is 42.3 Å². The van der Waals surface area contributed by atoms with Crippen LogP contribution < -0.4 is 10.6 Å². The van der Waals surface area contributed by atoms with Crippen LogP contribution in [-0.4, -0.2) is 24.5 Å². The number of aromatic nitrogens is 1. The third-order valence-corrected chi connectivity index (χ3v) is 3.49. The summed E-state index contributed by atoms with van der Waals surface area (Å²) in [6, 6.07) is 9.89. The first-order chi connectivity index (χ1) is 10.3. The molecular weight excluding hydrogens is 391 g/mol. The van der Waals surface area contributed by atoms with E-state index in [4.69, 9.17) is 4.42 Å². The minimum Gasteiger partial charge on any atom is -0.444 e. The SMILES string of the molecule is CN=C(NCc1coc(-c2ccccc2)n1)NCC1CC1.I. The van der Waals surface area contributed by atoms with Crippen LogP contribution in [0.5, 0.6) is 0 Å². The maximum absolute atomic E-state index is 5.51. The van der Waals surface area contributed by atoms with Crippen molar-refractivity contribution in [3.8, 4) is 11.5 Å². The van der Waals surface area contributed by atoms with Gasteiger partial charge < -0.3 is 15.1 Å². The van der Waals surface area contributed by atoms with Crippen molar-refractivity contribution in [2.24, 2.45) is 10.9 Å². The number of guanidine groups is 1. The molecule has 1 saturated carbocycles. The molecule has 1 heterocycles. The lowest BCUT2D eigenvalue weighted by Crippen LogP contribution is -2.37. The summed E-state index contributed by atoms with van der Waals surface area (Å²) < 4.78 is 5.51. The smallest absolute Gasteiger partial charge is 0.226 e. The Balaban J connectivity index is 0.00000176. The first-order valence-corrected chi connectivity index (χ1v) is 7.29. The molecule has 0 radical (unpaired) electrons. The molecule has 0 aliphatic heterocycles. The van der Waals surface area contributed by atoms with E-state index < -0.39 is 0 Å². The van der Waals surface area contributed by atoms with E-state index in [0.717, 1.165) is 29.7 Å². The van der Waals surface area contributed by atoms with Crippen LogP contribution in [0.1, 0.15) is 18.5 Å². The van der Waals surface area contributed by atoms with Gasteiger partial charge in [-0.1, -0.05) is 18.2 Å². The molecule has 6 heteroatoms. The first kappa shape index (κ1) is 16.8. The molecule has 1 aliphatic rings. The summed E-state index contributed by atoms with van der Waals surface area (Å²) in [4.78, 5) is 8.69. The van der Waals surface area contributed by atoms with Gasteiger partial charge in [-0.2, -0.15) is 0 Å². The fourth-order valence-corrected chi connectivity index (χ4v) is 2.06. The molecule has 0 bridgehead atoms. The normalized spacial score (nSPS) is 14.3. The molecule has 1 aromatic carbocycles. The number of nitrogens with zero attached hydrogens (tertiary/aromatic N) is 2. The molecule has 5 nitrogen and oxygen atoms in total. The first-order valence-electron chi connectivity index (χ1n) is 7.29. The summed E-state index contributed by atoms with van der Waals surface area (Å²) in [7, 11) is 1.78. The van der Waals surface area contributed by atoms with Crippen LogP contribution in [0, 0.1) is 5.92 Å². The van der Waals surface area contributed by atoms with Crippen molar-refractivity contribution in [1.82, 2.24) is 15.6 Å². The van der Waals surface area contributed by atoms with E-state index in [1.54, 1.807) is 13.3 Å². The second-order valence-corrected chi connectivity index (χ2v) is 5.26. The summed E-state index contributed by atoms with van der Waals surface area (Å²) in [5, 5.41) is 6.57. The monoisotopic (exact) mass is 412 g/mol. The summed E-state index contributed by atoms with van der Waals surface area (Å²) in [6.07, 6.45) is 4.34. The second-order valence-electron chi connectivity index (χ2n) is 5.26. The number of hydrogen-bond donors (Lipinski definition) is 2. The molecule has 1 fully saturated rings. The predicted molar refractivity (Wildman–Crippen MR) is 98.3 cm³/mol. The third-order valence-electron chi connectivity index (χ3n) is 3.49. The van der Waals surface area contributed by atoms with Gasteiger partial charge in [-0.15, -0.1) is 24.0 Å². The quantitative estimate of drug-likeness (QED) is 0.450. The minimum atomic E-state index is 0. The van der Waals surface area contributed by atoms with Gasteiger partial charge in [-0.3, -0.25) is 4.99 Å². The van der Waals surface area contributed by atoms with Gasteiger partial charge in [0.2, 0.25) is 5.89 Å². The number of hydrogen-bond acceptors (Lipinski definition) is 3. The molecule has 1 aromatic heterocycles. The van der Waals surface area contributed by atoms with Gasteiger partial charge >= 0.3 is 0 Å². The van der Waals surface area contributed by atoms with Crippen LogP contribution in [0.15, 0.2) is 46.0 Å². The Morgan fingerprint density at radius 3 is 2.73 bits per heavy atom. The molecule has 0 atom stereocenters. The van der Waals surface area contributed by atoms with Crippen LogP contribution in [0.2, 0.25) is 0 Å². The lowest BCUT2D eigenvalue weighted by atomic mass is 10.2. The van der Waals surface area contributed by atoms with Gasteiger partial charge in [0.05, 0.1) is 12.2 Å². The lowest BCUT2D eigenvalue weighted by molar-refractivity contribution is 0.572. The van der Waals surface area contributed by atoms with Crippen molar-refractivity contribution in [2.75, 3.05) is 13.6 Å². The van der Waals surface area contributed by atoms with Crippen LogP contribution >= 0.6 is 24.0 Å². The Hall–Kier alpha value is -1.57. The van der Waals surface area contributed by atoms with E-state index in [1.165, 1.54) is 12.8 Å². The molecule has 2 aromatic rings. The maximum Gasteiger partial charge on any atom is 0.226 e. The number of aliphatic imine (C=N–C) groups is 1. The fraction of sp³-hybridized carbons (Fsp3) is 0.375. The Labute approximate surface area is 147 Å². The van der Waals surface area contributed by atoms with Crippen LogP contribution in [0.4, 0.5) is 0 Å². The van der Waals surface area contributed by atoms with E-state index in [0.29, 0.717) is 12.4 Å². The van der Waals surface area contributed by atoms with Gasteiger partial charge in [0.15, 0.2) is 5.96 Å². The molecule has 0 unspecified atom stereocenters. The van der Waals surface area contributed by atoms with Crippen LogP contribution in [0.3, 0.4) is 0 Å². The largest absolute Gasteiger partial charge is 0.444 e. The molecule has 3 rings (SSSR count). The molecule has 1 aliphatic carbocycles. The highest BCUT2D eigenvalue weighted by Gasteiger charge is 2.21. The summed E-state index contributed by atoms with van der Waals surface area (Å²) >= 11 is 0. The van der Waals surface area contributed by atoms with Crippen molar-refractivity contribution in [3.63, 3.8) is 0 Å². The van der Waals surface area contributed by atoms with Gasteiger partial charge in [-0.25, -0.2) is 4.98 Å². The molecule has 118 valence electrons. The maximum atomic E-state index is 5.51. The van der Waals surface area contributed by atoms with Crippen LogP contribution in [-0.2, 0) is 6.54 Å². The molecule has 22 heavy (non-hydrogen) atoms. The van der Waals surface area contributed by atoms with E-state index in [9.17, 15) is 0 Å². The lowest BCUT2D eigenvalue weighted by Gasteiger charge is -2.09. The Morgan fingerprint density at radius 1 is 1.27 bits per heavy atom. The van der Waals surface area contributed by atoms with Crippen molar-refractivity contribution < 1.29 is 4.42 Å². The van der Waals surface area contributed by atoms with Crippen molar-refractivity contribution in [2.45, 2.75) is 19.4 Å². The number of nitrogens with one attached hydrogen (secondary N) is 2. The highest BCUT2D eigenvalue weighted by molar-refractivity contribution is 14.0. The summed E-state index contributed by atoms with van der Waals surface area (Å²) in [5.74, 6) is 2.28.